The predicted octanol–water partition coefficient (Wildman–Crippen LogP) is 1.46. The van der Waals surface area contributed by atoms with Crippen LogP contribution >= 0.6 is 0 Å². The van der Waals surface area contributed by atoms with Crippen molar-refractivity contribution < 1.29 is 4.74 Å². The molecule has 1 aromatic heterocycles. The summed E-state index contributed by atoms with van der Waals surface area (Å²) in [5, 5.41) is 3.30. The van der Waals surface area contributed by atoms with Crippen molar-refractivity contribution in [1.82, 2.24) is 14.8 Å². The van der Waals surface area contributed by atoms with Gasteiger partial charge < -0.3 is 19.5 Å². The number of hydrogen-bond acceptors (Lipinski definition) is 2. The molecule has 0 aliphatic heterocycles. The highest BCUT2D eigenvalue weighted by atomic mass is 16.5. The first-order valence-corrected chi connectivity index (χ1v) is 6.86. The molecule has 0 unspecified atom stereocenters. The molecule has 0 fully saturated rings. The Morgan fingerprint density at radius 3 is 2.84 bits per heavy atom. The maximum Gasteiger partial charge on any atom is 0.194 e. The summed E-state index contributed by atoms with van der Waals surface area (Å²) in [5.74, 6) is 0.920. The first-order chi connectivity index (χ1) is 9.19. The van der Waals surface area contributed by atoms with Gasteiger partial charge in [-0.3, -0.25) is 4.99 Å². The third-order valence-corrected chi connectivity index (χ3v) is 2.85. The van der Waals surface area contributed by atoms with Crippen LogP contribution in [0.5, 0.6) is 0 Å². The Morgan fingerprint density at radius 1 is 1.47 bits per heavy atom. The average molecular weight is 266 g/mol. The van der Waals surface area contributed by atoms with Crippen molar-refractivity contribution in [1.29, 1.82) is 0 Å². The van der Waals surface area contributed by atoms with E-state index in [1.807, 2.05) is 6.92 Å². The van der Waals surface area contributed by atoms with Crippen LogP contribution in [-0.2, 0) is 18.3 Å². The number of aryl methyl sites for hydroxylation is 1. The zero-order valence-electron chi connectivity index (χ0n) is 12.5. The van der Waals surface area contributed by atoms with Crippen LogP contribution in [0.1, 0.15) is 19.5 Å². The molecule has 5 heteroatoms. The lowest BCUT2D eigenvalue weighted by Crippen LogP contribution is -2.39. The maximum atomic E-state index is 5.31. The van der Waals surface area contributed by atoms with E-state index in [1.165, 1.54) is 5.69 Å². The van der Waals surface area contributed by atoms with Gasteiger partial charge >= 0.3 is 0 Å². The minimum Gasteiger partial charge on any atom is -0.380 e. The normalized spacial score (nSPS) is 11.7. The topological polar surface area (TPSA) is 41.8 Å². The fourth-order valence-electron chi connectivity index (χ4n) is 1.81. The summed E-state index contributed by atoms with van der Waals surface area (Å²) < 4.78 is 7.43. The van der Waals surface area contributed by atoms with Crippen molar-refractivity contribution in [3.05, 3.63) is 24.0 Å². The smallest absolute Gasteiger partial charge is 0.194 e. The highest BCUT2D eigenvalue weighted by molar-refractivity contribution is 5.79. The monoisotopic (exact) mass is 266 g/mol. The molecule has 1 rings (SSSR count). The fraction of sp³-hybridized carbons (Fsp3) is 0.643. The molecule has 0 aliphatic rings. The summed E-state index contributed by atoms with van der Waals surface area (Å²) in [7, 11) is 4.11. The molecule has 0 aliphatic carbocycles. The van der Waals surface area contributed by atoms with E-state index < -0.39 is 0 Å². The van der Waals surface area contributed by atoms with Gasteiger partial charge in [0.05, 0.1) is 19.7 Å². The SMILES string of the molecule is CCNC(=NCCOCC)N(C)Cc1cccn1C. The Morgan fingerprint density at radius 2 is 2.26 bits per heavy atom. The molecule has 1 aromatic rings. The highest BCUT2D eigenvalue weighted by Gasteiger charge is 2.07. The van der Waals surface area contributed by atoms with Gasteiger partial charge in [0.2, 0.25) is 0 Å². The fourth-order valence-corrected chi connectivity index (χ4v) is 1.81. The van der Waals surface area contributed by atoms with Crippen LogP contribution in [0.25, 0.3) is 0 Å². The van der Waals surface area contributed by atoms with Crippen LogP contribution < -0.4 is 5.32 Å². The van der Waals surface area contributed by atoms with Gasteiger partial charge in [0.15, 0.2) is 5.96 Å². The van der Waals surface area contributed by atoms with Crippen LogP contribution in [0.15, 0.2) is 23.3 Å². The number of aromatic nitrogens is 1. The standard InChI is InChI=1S/C14H26N4O/c1-5-15-14(16-9-11-19-6-2)18(4)12-13-8-7-10-17(13)3/h7-8,10H,5-6,9,11-12H2,1-4H3,(H,15,16). The summed E-state index contributed by atoms with van der Waals surface area (Å²) in [4.78, 5) is 6.69. The van der Waals surface area contributed by atoms with Crippen molar-refractivity contribution in [3.63, 3.8) is 0 Å². The van der Waals surface area contributed by atoms with Gasteiger partial charge in [0.25, 0.3) is 0 Å². The van der Waals surface area contributed by atoms with E-state index in [2.05, 4.69) is 59.1 Å². The molecular weight excluding hydrogens is 240 g/mol. The van der Waals surface area contributed by atoms with Gasteiger partial charge in [-0.2, -0.15) is 0 Å². The molecule has 108 valence electrons. The van der Waals surface area contributed by atoms with Crippen molar-refractivity contribution in [2.24, 2.45) is 12.0 Å². The summed E-state index contributed by atoms with van der Waals surface area (Å²) in [6.45, 7) is 7.88. The van der Waals surface area contributed by atoms with Crippen molar-refractivity contribution in [3.8, 4) is 0 Å². The molecule has 0 radical (unpaired) electrons. The zero-order chi connectivity index (χ0) is 14.1. The number of aliphatic imine (C=N–C) groups is 1. The molecule has 1 heterocycles. The summed E-state index contributed by atoms with van der Waals surface area (Å²) in [5.41, 5.74) is 1.26. The van der Waals surface area contributed by atoms with Crippen molar-refractivity contribution >= 4 is 5.96 Å². The largest absolute Gasteiger partial charge is 0.380 e. The lowest BCUT2D eigenvalue weighted by atomic mass is 10.4. The molecule has 1 N–H and O–H groups in total. The average Bonchev–Trinajstić information content (AvgIpc) is 2.79. The highest BCUT2D eigenvalue weighted by Crippen LogP contribution is 2.03. The van der Waals surface area contributed by atoms with Crippen LogP contribution in [0.2, 0.25) is 0 Å². The van der Waals surface area contributed by atoms with Gasteiger partial charge in [0.1, 0.15) is 0 Å². The Kier molecular flexibility index (Phi) is 7.03. The summed E-state index contributed by atoms with van der Waals surface area (Å²) in [6, 6.07) is 4.18. The van der Waals surface area contributed by atoms with Gasteiger partial charge in [-0.15, -0.1) is 0 Å². The Balaban J connectivity index is 2.56. The van der Waals surface area contributed by atoms with E-state index in [4.69, 9.17) is 4.74 Å². The van der Waals surface area contributed by atoms with E-state index >= 15 is 0 Å². The molecule has 5 nitrogen and oxygen atoms in total. The van der Waals surface area contributed by atoms with E-state index in [-0.39, 0.29) is 0 Å². The number of hydrogen-bond donors (Lipinski definition) is 1. The van der Waals surface area contributed by atoms with E-state index in [9.17, 15) is 0 Å². The number of guanidine groups is 1. The molecule has 0 saturated heterocycles. The van der Waals surface area contributed by atoms with Crippen LogP contribution in [-0.4, -0.2) is 48.8 Å². The first-order valence-electron chi connectivity index (χ1n) is 6.86. The number of ether oxygens (including phenoxy) is 1. The van der Waals surface area contributed by atoms with E-state index in [0.717, 1.165) is 25.7 Å². The number of nitrogens with zero attached hydrogens (tertiary/aromatic N) is 3. The van der Waals surface area contributed by atoms with Crippen molar-refractivity contribution in [2.45, 2.75) is 20.4 Å². The molecule has 0 atom stereocenters. The summed E-state index contributed by atoms with van der Waals surface area (Å²) >= 11 is 0. The van der Waals surface area contributed by atoms with Crippen LogP contribution in [0, 0.1) is 0 Å². The Bertz CT molecular complexity index is 387. The van der Waals surface area contributed by atoms with Gasteiger partial charge in [-0.05, 0) is 26.0 Å². The second-order valence-electron chi connectivity index (χ2n) is 4.40. The minimum atomic E-state index is 0.670. The van der Waals surface area contributed by atoms with Gasteiger partial charge in [0, 0.05) is 39.1 Å². The third kappa shape index (κ3) is 5.34. The molecule has 0 aromatic carbocycles. The predicted molar refractivity (Wildman–Crippen MR) is 79.4 cm³/mol. The van der Waals surface area contributed by atoms with Gasteiger partial charge in [-0.25, -0.2) is 0 Å². The maximum absolute atomic E-state index is 5.31. The van der Waals surface area contributed by atoms with Crippen LogP contribution in [0.3, 0.4) is 0 Å². The van der Waals surface area contributed by atoms with Crippen molar-refractivity contribution in [2.75, 3.05) is 33.4 Å². The lowest BCUT2D eigenvalue weighted by molar-refractivity contribution is 0.155. The Labute approximate surface area is 116 Å². The molecule has 19 heavy (non-hydrogen) atoms. The molecular formula is C14H26N4O. The summed E-state index contributed by atoms with van der Waals surface area (Å²) in [6.07, 6.45) is 2.06. The lowest BCUT2D eigenvalue weighted by Gasteiger charge is -2.22. The number of rotatable bonds is 7. The number of nitrogens with one attached hydrogen (secondary N) is 1. The molecule has 0 saturated carbocycles. The third-order valence-electron chi connectivity index (χ3n) is 2.85. The molecule has 0 spiro atoms. The zero-order valence-corrected chi connectivity index (χ0v) is 12.5. The first kappa shape index (κ1) is 15.6. The molecule has 0 bridgehead atoms. The Hall–Kier alpha value is -1.49. The van der Waals surface area contributed by atoms with E-state index in [1.54, 1.807) is 0 Å². The minimum absolute atomic E-state index is 0.670. The molecule has 0 amide bonds. The second-order valence-corrected chi connectivity index (χ2v) is 4.40. The van der Waals surface area contributed by atoms with E-state index in [0.29, 0.717) is 13.2 Å². The second kappa shape index (κ2) is 8.58. The van der Waals surface area contributed by atoms with Crippen LogP contribution in [0.4, 0.5) is 0 Å². The van der Waals surface area contributed by atoms with Gasteiger partial charge in [-0.1, -0.05) is 0 Å². The quantitative estimate of drug-likeness (QED) is 0.461.